The maximum atomic E-state index is 4.42. The molecule has 3 aromatic carbocycles. The molecular weight excluding hydrogens is 352 g/mol. The number of hydrogen-bond donors (Lipinski definition) is 0. The van der Waals surface area contributed by atoms with Crippen LogP contribution in [0, 0.1) is 6.92 Å². The van der Waals surface area contributed by atoms with Crippen molar-refractivity contribution < 1.29 is 0 Å². The van der Waals surface area contributed by atoms with Gasteiger partial charge in [0.15, 0.2) is 5.82 Å². The summed E-state index contributed by atoms with van der Waals surface area (Å²) in [6.07, 6.45) is 10.1. The van der Waals surface area contributed by atoms with Crippen LogP contribution in [0.3, 0.4) is 0 Å². The average Bonchev–Trinajstić information content (AvgIpc) is 2.77. The second-order valence-electron chi connectivity index (χ2n) is 7.87. The predicted molar refractivity (Wildman–Crippen MR) is 123 cm³/mol. The van der Waals surface area contributed by atoms with Crippen molar-refractivity contribution in [2.75, 3.05) is 0 Å². The van der Waals surface area contributed by atoms with Gasteiger partial charge in [-0.15, -0.1) is 0 Å². The molecule has 0 aliphatic rings. The largest absolute Gasteiger partial charge is 0.236 e. The zero-order valence-electron chi connectivity index (χ0n) is 17.4. The van der Waals surface area contributed by atoms with Crippen LogP contribution >= 0.6 is 0 Å². The Balaban J connectivity index is 1.52. The van der Waals surface area contributed by atoms with E-state index in [0.717, 1.165) is 17.0 Å². The molecule has 1 heterocycles. The SMILES string of the molecule is CCCCCCc1ccc2cc(-c3ccc(-c4ncc(C)cn4)cc3)ccc2c1. The number of unbranched alkanes of at least 4 members (excludes halogenated alkanes) is 3. The number of benzene rings is 3. The lowest BCUT2D eigenvalue weighted by atomic mass is 9.98. The highest BCUT2D eigenvalue weighted by Gasteiger charge is 2.04. The van der Waals surface area contributed by atoms with Crippen LogP contribution in [-0.2, 0) is 6.42 Å². The van der Waals surface area contributed by atoms with E-state index in [1.807, 2.05) is 19.3 Å². The molecule has 0 N–H and O–H groups in total. The molecule has 0 unspecified atom stereocenters. The van der Waals surface area contributed by atoms with Crippen LogP contribution in [0.25, 0.3) is 33.3 Å². The number of nitrogens with zero attached hydrogens (tertiary/aromatic N) is 2. The van der Waals surface area contributed by atoms with Gasteiger partial charge in [-0.2, -0.15) is 0 Å². The Morgan fingerprint density at radius 3 is 2.07 bits per heavy atom. The lowest BCUT2D eigenvalue weighted by Gasteiger charge is -2.08. The summed E-state index contributed by atoms with van der Waals surface area (Å²) < 4.78 is 0. The minimum absolute atomic E-state index is 0.770. The Morgan fingerprint density at radius 2 is 1.31 bits per heavy atom. The van der Waals surface area contributed by atoms with E-state index in [1.54, 1.807) is 0 Å². The molecule has 0 fully saturated rings. The molecule has 0 aliphatic heterocycles. The van der Waals surface area contributed by atoms with Gasteiger partial charge < -0.3 is 0 Å². The van der Waals surface area contributed by atoms with Gasteiger partial charge in [-0.25, -0.2) is 9.97 Å². The second kappa shape index (κ2) is 9.00. The fourth-order valence-electron chi connectivity index (χ4n) is 3.74. The van der Waals surface area contributed by atoms with E-state index in [9.17, 15) is 0 Å². The number of aryl methyl sites for hydroxylation is 2. The molecule has 2 nitrogen and oxygen atoms in total. The van der Waals surface area contributed by atoms with Crippen molar-refractivity contribution in [2.24, 2.45) is 0 Å². The molecule has 0 spiro atoms. The monoisotopic (exact) mass is 380 g/mol. The Kier molecular flexibility index (Phi) is 6.00. The second-order valence-corrected chi connectivity index (χ2v) is 7.87. The molecule has 1 aromatic heterocycles. The van der Waals surface area contributed by atoms with Gasteiger partial charge in [0.2, 0.25) is 0 Å². The summed E-state index contributed by atoms with van der Waals surface area (Å²) in [6.45, 7) is 4.26. The Morgan fingerprint density at radius 1 is 0.655 bits per heavy atom. The van der Waals surface area contributed by atoms with Gasteiger partial charge in [-0.05, 0) is 58.9 Å². The summed E-state index contributed by atoms with van der Waals surface area (Å²) in [5, 5.41) is 2.62. The fraction of sp³-hybridized carbons (Fsp3) is 0.259. The van der Waals surface area contributed by atoms with Crippen molar-refractivity contribution in [3.05, 3.63) is 84.2 Å². The zero-order valence-corrected chi connectivity index (χ0v) is 17.4. The molecule has 0 radical (unpaired) electrons. The van der Waals surface area contributed by atoms with E-state index in [1.165, 1.54) is 59.6 Å². The van der Waals surface area contributed by atoms with Gasteiger partial charge in [0.1, 0.15) is 0 Å². The van der Waals surface area contributed by atoms with E-state index in [0.29, 0.717) is 0 Å². The first-order valence-electron chi connectivity index (χ1n) is 10.6. The lowest BCUT2D eigenvalue weighted by Crippen LogP contribution is -1.89. The topological polar surface area (TPSA) is 25.8 Å². The van der Waals surface area contributed by atoms with Crippen molar-refractivity contribution in [3.8, 4) is 22.5 Å². The first-order valence-corrected chi connectivity index (χ1v) is 10.6. The van der Waals surface area contributed by atoms with Gasteiger partial charge in [-0.1, -0.05) is 80.8 Å². The van der Waals surface area contributed by atoms with E-state index in [-0.39, 0.29) is 0 Å². The van der Waals surface area contributed by atoms with Crippen LogP contribution in [0.2, 0.25) is 0 Å². The van der Waals surface area contributed by atoms with Crippen molar-refractivity contribution in [3.63, 3.8) is 0 Å². The van der Waals surface area contributed by atoms with Crippen molar-refractivity contribution in [1.29, 1.82) is 0 Å². The molecule has 2 heteroatoms. The quantitative estimate of drug-likeness (QED) is 0.312. The molecule has 0 aliphatic carbocycles. The molecule has 0 amide bonds. The number of rotatable bonds is 7. The van der Waals surface area contributed by atoms with Crippen LogP contribution in [0.15, 0.2) is 73.1 Å². The molecule has 4 aromatic rings. The van der Waals surface area contributed by atoms with Gasteiger partial charge in [-0.3, -0.25) is 0 Å². The normalized spacial score (nSPS) is 11.1. The summed E-state index contributed by atoms with van der Waals surface area (Å²) in [7, 11) is 0. The van der Waals surface area contributed by atoms with Crippen molar-refractivity contribution >= 4 is 10.8 Å². The fourth-order valence-corrected chi connectivity index (χ4v) is 3.74. The lowest BCUT2D eigenvalue weighted by molar-refractivity contribution is 0.667. The predicted octanol–water partition coefficient (Wildman–Crippen LogP) is 7.40. The summed E-state index contributed by atoms with van der Waals surface area (Å²) in [5.74, 6) is 0.770. The molecule has 0 bridgehead atoms. The van der Waals surface area contributed by atoms with Crippen LogP contribution < -0.4 is 0 Å². The summed E-state index contributed by atoms with van der Waals surface area (Å²) in [6, 6.07) is 22.2. The highest BCUT2D eigenvalue weighted by Crippen LogP contribution is 2.27. The molecule has 146 valence electrons. The highest BCUT2D eigenvalue weighted by atomic mass is 14.9. The third kappa shape index (κ3) is 4.71. The van der Waals surface area contributed by atoms with Gasteiger partial charge >= 0.3 is 0 Å². The smallest absolute Gasteiger partial charge is 0.159 e. The van der Waals surface area contributed by atoms with E-state index >= 15 is 0 Å². The number of aromatic nitrogens is 2. The maximum Gasteiger partial charge on any atom is 0.159 e. The Hall–Kier alpha value is -3.00. The first kappa shape index (κ1) is 19.3. The molecule has 29 heavy (non-hydrogen) atoms. The van der Waals surface area contributed by atoms with Crippen molar-refractivity contribution in [2.45, 2.75) is 46.0 Å². The first-order chi connectivity index (χ1) is 14.2. The minimum atomic E-state index is 0.770. The standard InChI is InChI=1S/C27H28N2/c1-3-4-5-6-7-21-8-9-26-17-25(15-14-24(26)16-21)22-10-12-23(13-11-22)27-28-18-20(2)19-29-27/h8-19H,3-7H2,1-2H3. The van der Waals surface area contributed by atoms with Crippen LogP contribution in [-0.4, -0.2) is 9.97 Å². The number of hydrogen-bond acceptors (Lipinski definition) is 2. The highest BCUT2D eigenvalue weighted by molar-refractivity contribution is 5.88. The van der Waals surface area contributed by atoms with E-state index in [4.69, 9.17) is 0 Å². The molecular formula is C27H28N2. The minimum Gasteiger partial charge on any atom is -0.236 e. The van der Waals surface area contributed by atoms with Crippen LogP contribution in [0.1, 0.15) is 43.7 Å². The third-order valence-electron chi connectivity index (χ3n) is 5.48. The maximum absolute atomic E-state index is 4.42. The van der Waals surface area contributed by atoms with Crippen LogP contribution in [0.5, 0.6) is 0 Å². The Bertz CT molecular complexity index is 1080. The third-order valence-corrected chi connectivity index (χ3v) is 5.48. The Labute approximate surface area is 173 Å². The van der Waals surface area contributed by atoms with Crippen molar-refractivity contribution in [1.82, 2.24) is 9.97 Å². The van der Waals surface area contributed by atoms with E-state index < -0.39 is 0 Å². The van der Waals surface area contributed by atoms with Gasteiger partial charge in [0, 0.05) is 18.0 Å². The molecule has 0 saturated heterocycles. The molecule has 4 rings (SSSR count). The summed E-state index contributed by atoms with van der Waals surface area (Å²) >= 11 is 0. The number of fused-ring (bicyclic) bond motifs is 1. The van der Waals surface area contributed by atoms with Crippen LogP contribution in [0.4, 0.5) is 0 Å². The molecule has 0 atom stereocenters. The summed E-state index contributed by atoms with van der Waals surface area (Å²) in [4.78, 5) is 8.84. The average molecular weight is 381 g/mol. The molecule has 0 saturated carbocycles. The zero-order chi connectivity index (χ0) is 20.1. The van der Waals surface area contributed by atoms with Gasteiger partial charge in [0.25, 0.3) is 0 Å². The van der Waals surface area contributed by atoms with Gasteiger partial charge in [0.05, 0.1) is 0 Å². The van der Waals surface area contributed by atoms with E-state index in [2.05, 4.69) is 77.6 Å². The summed E-state index contributed by atoms with van der Waals surface area (Å²) in [5.41, 5.74) is 6.02.